The molecule has 4 N–H and O–H groups in total. The molecule has 0 amide bonds. The number of phenolic OH excluding ortho intramolecular Hbond substituents is 1. The third-order valence-corrected chi connectivity index (χ3v) is 5.33. The summed E-state index contributed by atoms with van der Waals surface area (Å²) in [6.07, 6.45) is 5.73. The summed E-state index contributed by atoms with van der Waals surface area (Å²) in [6, 6.07) is 5.52. The van der Waals surface area contributed by atoms with Gasteiger partial charge >= 0.3 is 0 Å². The van der Waals surface area contributed by atoms with E-state index in [2.05, 4.69) is 32.1 Å². The lowest BCUT2D eigenvalue weighted by Gasteiger charge is -2.23. The Morgan fingerprint density at radius 3 is 2.69 bits per heavy atom. The number of imidazole rings is 1. The number of hydrogen-bond donors (Lipinski definition) is 4. The molecule has 0 aliphatic carbocycles. The Kier molecular flexibility index (Phi) is 7.56. The quantitative estimate of drug-likeness (QED) is 0.323. The summed E-state index contributed by atoms with van der Waals surface area (Å²) in [5, 5.41) is 27.0. The zero-order valence-corrected chi connectivity index (χ0v) is 19.8. The van der Waals surface area contributed by atoms with Gasteiger partial charge in [0.25, 0.3) is 0 Å². The Morgan fingerprint density at radius 1 is 1.19 bits per heavy atom. The average molecular weight is 441 g/mol. The van der Waals surface area contributed by atoms with E-state index in [0.717, 1.165) is 42.6 Å². The minimum absolute atomic E-state index is 0.0161. The number of aryl methyl sites for hydroxylation is 2. The van der Waals surface area contributed by atoms with E-state index >= 15 is 0 Å². The molecule has 1 unspecified atom stereocenters. The summed E-state index contributed by atoms with van der Waals surface area (Å²) in [5.41, 5.74) is 2.56. The van der Waals surface area contributed by atoms with Gasteiger partial charge in [-0.2, -0.15) is 9.97 Å². The second-order valence-electron chi connectivity index (χ2n) is 9.26. The Balaban J connectivity index is 1.90. The maximum atomic E-state index is 10.2. The molecule has 0 fully saturated rings. The maximum absolute atomic E-state index is 10.2. The summed E-state index contributed by atoms with van der Waals surface area (Å²) in [5.74, 6) is 1.35. The van der Waals surface area contributed by atoms with Crippen LogP contribution in [0.5, 0.6) is 5.75 Å². The largest absolute Gasteiger partial charge is 0.508 e. The topological polar surface area (TPSA) is 108 Å². The minimum atomic E-state index is -0.789. The Bertz CT molecular complexity index is 1040. The zero-order chi connectivity index (χ0) is 23.3. The van der Waals surface area contributed by atoms with Crippen molar-refractivity contribution in [2.24, 2.45) is 0 Å². The van der Waals surface area contributed by atoms with E-state index in [4.69, 9.17) is 4.98 Å². The first-order valence-corrected chi connectivity index (χ1v) is 11.4. The van der Waals surface area contributed by atoms with E-state index in [9.17, 15) is 10.2 Å². The normalized spacial score (nSPS) is 12.8. The van der Waals surface area contributed by atoms with Crippen LogP contribution in [0.2, 0.25) is 0 Å². The molecule has 8 nitrogen and oxygen atoms in total. The minimum Gasteiger partial charge on any atom is -0.508 e. The van der Waals surface area contributed by atoms with Crippen LogP contribution in [0.25, 0.3) is 11.2 Å². The zero-order valence-electron chi connectivity index (χ0n) is 19.8. The second kappa shape index (κ2) is 10.2. The van der Waals surface area contributed by atoms with Crippen molar-refractivity contribution in [2.75, 3.05) is 10.6 Å². The van der Waals surface area contributed by atoms with E-state index in [-0.39, 0.29) is 11.8 Å². The first kappa shape index (κ1) is 23.8. The van der Waals surface area contributed by atoms with Crippen molar-refractivity contribution in [3.63, 3.8) is 0 Å². The van der Waals surface area contributed by atoms with E-state index in [1.807, 2.05) is 32.3 Å². The number of fused-ring (bicyclic) bond motifs is 1. The van der Waals surface area contributed by atoms with Gasteiger partial charge in [0.1, 0.15) is 5.75 Å². The van der Waals surface area contributed by atoms with E-state index < -0.39 is 5.60 Å². The molecule has 2 aromatic heterocycles. The van der Waals surface area contributed by atoms with Gasteiger partial charge in [-0.05, 0) is 46.6 Å². The number of benzene rings is 1. The highest BCUT2D eigenvalue weighted by Crippen LogP contribution is 2.25. The second-order valence-corrected chi connectivity index (χ2v) is 9.26. The summed E-state index contributed by atoms with van der Waals surface area (Å²) in [6.45, 7) is 11.0. The average Bonchev–Trinajstić information content (AvgIpc) is 3.10. The fourth-order valence-corrected chi connectivity index (χ4v) is 3.88. The van der Waals surface area contributed by atoms with Crippen molar-refractivity contribution in [3.05, 3.63) is 35.7 Å². The number of unbranched alkanes of at least 4 members (excludes halogenated alkanes) is 2. The summed E-state index contributed by atoms with van der Waals surface area (Å²) in [7, 11) is 0. The standard InChI is InChI=1S/C24H36N6O2/c1-6-7-8-11-30-15-26-20-21(25-14-18-12-16(2)9-10-19(18)31)28-23(29-22(20)30)27-17(3)13-24(4,5)32/h9-10,12,15,17,31-32H,6-8,11,13-14H2,1-5H3,(H2,25,27,28,29). The smallest absolute Gasteiger partial charge is 0.226 e. The van der Waals surface area contributed by atoms with E-state index in [1.165, 1.54) is 0 Å². The highest BCUT2D eigenvalue weighted by molar-refractivity contribution is 5.84. The van der Waals surface area contributed by atoms with Gasteiger partial charge in [-0.1, -0.05) is 37.5 Å². The Labute approximate surface area is 190 Å². The molecule has 3 aromatic rings. The lowest BCUT2D eigenvalue weighted by atomic mass is 10.0. The molecule has 8 heteroatoms. The Hall–Kier alpha value is -2.87. The number of nitrogens with zero attached hydrogens (tertiary/aromatic N) is 4. The number of phenols is 1. The number of aliphatic hydroxyl groups is 1. The molecule has 0 spiro atoms. The third-order valence-electron chi connectivity index (χ3n) is 5.33. The van der Waals surface area contributed by atoms with Gasteiger partial charge in [0.2, 0.25) is 5.95 Å². The number of hydrogen-bond acceptors (Lipinski definition) is 7. The first-order chi connectivity index (χ1) is 15.2. The molecular weight excluding hydrogens is 404 g/mol. The molecule has 0 saturated carbocycles. The molecule has 1 atom stereocenters. The van der Waals surface area contributed by atoms with Crippen molar-refractivity contribution in [1.82, 2.24) is 19.5 Å². The first-order valence-electron chi connectivity index (χ1n) is 11.4. The van der Waals surface area contributed by atoms with Crippen LogP contribution in [0.3, 0.4) is 0 Å². The maximum Gasteiger partial charge on any atom is 0.226 e. The third kappa shape index (κ3) is 6.32. The van der Waals surface area contributed by atoms with Crippen LogP contribution in [0, 0.1) is 6.92 Å². The molecular formula is C24H36N6O2. The number of rotatable bonds is 11. The van der Waals surface area contributed by atoms with Gasteiger partial charge in [0.05, 0.1) is 11.9 Å². The van der Waals surface area contributed by atoms with Crippen LogP contribution in [-0.2, 0) is 13.1 Å². The molecule has 3 rings (SSSR count). The molecule has 32 heavy (non-hydrogen) atoms. The van der Waals surface area contributed by atoms with Crippen molar-refractivity contribution in [1.29, 1.82) is 0 Å². The lowest BCUT2D eigenvalue weighted by Crippen LogP contribution is -2.29. The van der Waals surface area contributed by atoms with Crippen molar-refractivity contribution >= 4 is 22.9 Å². The van der Waals surface area contributed by atoms with Crippen LogP contribution in [0.1, 0.15) is 64.5 Å². The summed E-state index contributed by atoms with van der Waals surface area (Å²) >= 11 is 0. The fraction of sp³-hybridized carbons (Fsp3) is 0.542. The molecule has 0 aliphatic heterocycles. The monoisotopic (exact) mass is 440 g/mol. The Morgan fingerprint density at radius 2 is 1.97 bits per heavy atom. The molecule has 0 bridgehead atoms. The molecule has 0 saturated heterocycles. The summed E-state index contributed by atoms with van der Waals surface area (Å²) < 4.78 is 2.06. The van der Waals surface area contributed by atoms with Crippen LogP contribution >= 0.6 is 0 Å². The van der Waals surface area contributed by atoms with Gasteiger partial charge in [0.15, 0.2) is 17.0 Å². The van der Waals surface area contributed by atoms with Crippen LogP contribution < -0.4 is 10.6 Å². The lowest BCUT2D eigenvalue weighted by molar-refractivity contribution is 0.0672. The van der Waals surface area contributed by atoms with Crippen LogP contribution in [-0.4, -0.2) is 41.4 Å². The molecule has 1 aromatic carbocycles. The molecule has 174 valence electrons. The molecule has 0 aliphatic rings. The SMILES string of the molecule is CCCCCn1cnc2c(NCc3cc(C)ccc3O)nc(NC(C)CC(C)(C)O)nc21. The predicted octanol–water partition coefficient (Wildman–Crippen LogP) is 4.60. The van der Waals surface area contributed by atoms with Gasteiger partial charge in [0, 0.05) is 24.7 Å². The molecule has 2 heterocycles. The van der Waals surface area contributed by atoms with E-state index in [1.54, 1.807) is 19.9 Å². The van der Waals surface area contributed by atoms with Gasteiger partial charge in [-0.15, -0.1) is 0 Å². The van der Waals surface area contributed by atoms with Crippen molar-refractivity contribution in [3.8, 4) is 5.75 Å². The van der Waals surface area contributed by atoms with Crippen LogP contribution in [0.15, 0.2) is 24.5 Å². The number of aromatic nitrogens is 4. The van der Waals surface area contributed by atoms with Crippen molar-refractivity contribution in [2.45, 2.75) is 85.0 Å². The number of aromatic hydroxyl groups is 1. The van der Waals surface area contributed by atoms with Gasteiger partial charge in [-0.3, -0.25) is 0 Å². The van der Waals surface area contributed by atoms with E-state index in [0.29, 0.717) is 30.2 Å². The molecule has 0 radical (unpaired) electrons. The van der Waals surface area contributed by atoms with Crippen LogP contribution in [0.4, 0.5) is 11.8 Å². The summed E-state index contributed by atoms with van der Waals surface area (Å²) in [4.78, 5) is 14.0. The predicted molar refractivity (Wildman–Crippen MR) is 129 cm³/mol. The highest BCUT2D eigenvalue weighted by Gasteiger charge is 2.19. The highest BCUT2D eigenvalue weighted by atomic mass is 16.3. The number of anilines is 2. The van der Waals surface area contributed by atoms with Gasteiger partial charge in [-0.25, -0.2) is 4.98 Å². The van der Waals surface area contributed by atoms with Crippen molar-refractivity contribution < 1.29 is 10.2 Å². The fourth-order valence-electron chi connectivity index (χ4n) is 3.88. The number of nitrogens with one attached hydrogen (secondary N) is 2. The van der Waals surface area contributed by atoms with Gasteiger partial charge < -0.3 is 25.4 Å².